The Bertz CT molecular complexity index is 1180. The first-order chi connectivity index (χ1) is 21.3. The van der Waals surface area contributed by atoms with E-state index >= 15 is 0 Å². The largest absolute Gasteiger partial charge is 0.393 e. The lowest BCUT2D eigenvalue weighted by atomic mass is 9.60. The predicted molar refractivity (Wildman–Crippen MR) is 167 cm³/mol. The predicted octanol–water partition coefficient (Wildman–Crippen LogP) is 6.96. The van der Waals surface area contributed by atoms with Crippen LogP contribution >= 0.6 is 0 Å². The van der Waals surface area contributed by atoms with Gasteiger partial charge in [-0.1, -0.05) is 121 Å². The summed E-state index contributed by atoms with van der Waals surface area (Å²) in [5.74, 6) is -6.15. The van der Waals surface area contributed by atoms with Crippen molar-refractivity contribution in [2.24, 2.45) is 17.8 Å². The van der Waals surface area contributed by atoms with Crippen LogP contribution in [-0.2, 0) is 33.4 Å². The van der Waals surface area contributed by atoms with E-state index in [1.807, 2.05) is 25.1 Å². The molecule has 1 aliphatic carbocycles. The monoisotopic (exact) mass is 609 g/mol. The number of fused-ring (bicyclic) bond motifs is 3. The average Bonchev–Trinajstić information content (AvgIpc) is 3.49. The number of unbranched alkanes of at least 4 members (excludes halogenated alkanes) is 14. The molecule has 0 spiro atoms. The topological polar surface area (TPSA) is 116 Å². The Hall–Kier alpha value is -3.03. The Balaban J connectivity index is 1.22. The van der Waals surface area contributed by atoms with Gasteiger partial charge in [-0.05, 0) is 30.4 Å². The molecule has 5 unspecified atom stereocenters. The molecule has 0 aromatic heterocycles. The fourth-order valence-corrected chi connectivity index (χ4v) is 7.49. The van der Waals surface area contributed by atoms with Crippen molar-refractivity contribution in [3.05, 3.63) is 34.9 Å². The first-order valence-corrected chi connectivity index (χ1v) is 17.2. The van der Waals surface area contributed by atoms with Gasteiger partial charge in [0.05, 0.1) is 24.2 Å². The van der Waals surface area contributed by atoms with Gasteiger partial charge in [0.25, 0.3) is 0 Å². The van der Waals surface area contributed by atoms with Crippen molar-refractivity contribution in [2.75, 3.05) is 6.54 Å². The van der Waals surface area contributed by atoms with Gasteiger partial charge in [-0.25, -0.2) is 0 Å². The first-order valence-electron chi connectivity index (χ1n) is 17.2. The molecule has 4 rings (SSSR count). The maximum Gasteiger partial charge on any atom is 0.321 e. The van der Waals surface area contributed by atoms with Gasteiger partial charge in [0.2, 0.25) is 5.91 Å². The van der Waals surface area contributed by atoms with Crippen molar-refractivity contribution in [3.63, 3.8) is 0 Å². The minimum Gasteiger partial charge on any atom is -0.393 e. The second kappa shape index (κ2) is 16.9. The van der Waals surface area contributed by atoms with E-state index in [1.54, 1.807) is 0 Å². The molecule has 1 N–H and O–H groups in total. The van der Waals surface area contributed by atoms with Crippen LogP contribution in [0, 0.1) is 24.7 Å². The van der Waals surface area contributed by atoms with Crippen LogP contribution in [0.2, 0.25) is 0 Å². The second-order valence-corrected chi connectivity index (χ2v) is 13.2. The molecule has 1 aromatic carbocycles. The van der Waals surface area contributed by atoms with Crippen molar-refractivity contribution < 1.29 is 33.4 Å². The fourth-order valence-electron chi connectivity index (χ4n) is 7.49. The average molecular weight is 610 g/mol. The highest BCUT2D eigenvalue weighted by Gasteiger charge is 2.58. The van der Waals surface area contributed by atoms with Gasteiger partial charge < -0.3 is 14.8 Å². The smallest absolute Gasteiger partial charge is 0.321 e. The summed E-state index contributed by atoms with van der Waals surface area (Å²) in [6, 6.07) is 5.61. The quantitative estimate of drug-likeness (QED) is 0.102. The van der Waals surface area contributed by atoms with Crippen LogP contribution in [0.25, 0.3) is 0 Å². The number of carbonyl (C=O) groups excluding carboxylic acids is 5. The lowest BCUT2D eigenvalue weighted by Crippen LogP contribution is -2.45. The normalized spacial score (nSPS) is 24.2. The van der Waals surface area contributed by atoms with Crippen molar-refractivity contribution in [2.45, 2.75) is 135 Å². The van der Waals surface area contributed by atoms with E-state index in [-0.39, 0.29) is 18.9 Å². The number of carbonyl (C=O) groups is 5. The minimum absolute atomic E-state index is 0.0965. The maximum atomic E-state index is 13.0. The maximum absolute atomic E-state index is 13.0. The van der Waals surface area contributed by atoms with Crippen LogP contribution in [0.3, 0.4) is 0 Å². The van der Waals surface area contributed by atoms with E-state index in [1.165, 1.54) is 77.0 Å². The summed E-state index contributed by atoms with van der Waals surface area (Å²) in [4.78, 5) is 63.4. The van der Waals surface area contributed by atoms with Gasteiger partial charge in [-0.15, -0.1) is 0 Å². The van der Waals surface area contributed by atoms with Crippen LogP contribution in [-0.4, -0.2) is 36.3 Å². The van der Waals surface area contributed by atoms with E-state index < -0.39 is 53.5 Å². The second-order valence-electron chi connectivity index (χ2n) is 13.2. The number of hydrogen-bond donors (Lipinski definition) is 1. The highest BCUT2D eigenvalue weighted by molar-refractivity contribution is 6.01. The molecule has 2 saturated heterocycles. The molecule has 8 nitrogen and oxygen atoms in total. The molecule has 242 valence electrons. The molecule has 0 saturated carbocycles. The van der Waals surface area contributed by atoms with E-state index in [9.17, 15) is 24.0 Å². The third-order valence-electron chi connectivity index (χ3n) is 9.82. The van der Waals surface area contributed by atoms with Crippen LogP contribution in [0.4, 0.5) is 0 Å². The lowest BCUT2D eigenvalue weighted by Gasteiger charge is -2.40. The Labute approximate surface area is 262 Å². The molecule has 5 atom stereocenters. The Morgan fingerprint density at radius 2 is 1.32 bits per heavy atom. The Morgan fingerprint density at radius 3 is 1.89 bits per heavy atom. The molecule has 3 aliphatic rings. The number of ether oxygens (including phenoxy) is 2. The van der Waals surface area contributed by atoms with Crippen LogP contribution in [0.15, 0.2) is 18.2 Å². The van der Waals surface area contributed by atoms with E-state index in [4.69, 9.17) is 9.47 Å². The Kier molecular flexibility index (Phi) is 13.0. The van der Waals surface area contributed by atoms with Gasteiger partial charge in [0.1, 0.15) is 0 Å². The molecular formula is C36H51NO7. The van der Waals surface area contributed by atoms with Crippen molar-refractivity contribution in [1.29, 1.82) is 0 Å². The highest BCUT2D eigenvalue weighted by atomic mass is 16.6. The number of aryl methyl sites for hydroxylation is 1. The minimum atomic E-state index is -0.837. The number of rotatable bonds is 19. The third-order valence-corrected chi connectivity index (χ3v) is 9.82. The molecule has 2 fully saturated rings. The zero-order valence-electron chi connectivity index (χ0n) is 26.7. The van der Waals surface area contributed by atoms with E-state index in [2.05, 4.69) is 12.2 Å². The first kappa shape index (κ1) is 33.9. The van der Waals surface area contributed by atoms with Crippen molar-refractivity contribution >= 4 is 29.8 Å². The molecule has 2 heterocycles. The van der Waals surface area contributed by atoms with E-state index in [0.717, 1.165) is 30.4 Å². The van der Waals surface area contributed by atoms with Gasteiger partial charge in [0.15, 0.2) is 0 Å². The van der Waals surface area contributed by atoms with Crippen LogP contribution in [0.5, 0.6) is 0 Å². The summed E-state index contributed by atoms with van der Waals surface area (Å²) in [5, 5.41) is 2.98. The molecule has 1 amide bonds. The SMILES string of the molecule is CCCCCCCCCCCCCCCCCC(=O)NCC1C2C(=O)OC(=O)C2c2cc(C)ccc2C1C1CC(=O)OC1=O. The zero-order valence-corrected chi connectivity index (χ0v) is 26.7. The summed E-state index contributed by atoms with van der Waals surface area (Å²) in [5.41, 5.74) is 2.30. The summed E-state index contributed by atoms with van der Waals surface area (Å²) in [6.45, 7) is 4.26. The summed E-state index contributed by atoms with van der Waals surface area (Å²) < 4.78 is 9.98. The molecule has 1 aromatic rings. The summed E-state index contributed by atoms with van der Waals surface area (Å²) in [7, 11) is 0. The molecule has 2 aliphatic heterocycles. The molecule has 0 radical (unpaired) electrons. The standard InChI is InChI=1S/C36H51NO7/c1-3-4-5-6-7-8-9-10-11-12-13-14-15-16-17-18-29(38)37-23-28-31(27-22-30(39)43-34(27)40)25-20-19-24(2)21-26(25)32-33(28)36(42)44-35(32)41/h19-21,27-28,31-33H,3-18,22-23H2,1-2H3,(H,37,38). The number of nitrogens with one attached hydrogen (secondary N) is 1. The number of cyclic esters (lactones) is 4. The molecular weight excluding hydrogens is 558 g/mol. The van der Waals surface area contributed by atoms with Crippen molar-refractivity contribution in [3.8, 4) is 0 Å². The van der Waals surface area contributed by atoms with Crippen LogP contribution in [0.1, 0.15) is 145 Å². The summed E-state index contributed by atoms with van der Waals surface area (Å²) >= 11 is 0. The van der Waals surface area contributed by atoms with E-state index in [0.29, 0.717) is 12.0 Å². The molecule has 8 heteroatoms. The highest BCUT2D eigenvalue weighted by Crippen LogP contribution is 2.54. The Morgan fingerprint density at radius 1 is 0.727 bits per heavy atom. The van der Waals surface area contributed by atoms with Crippen molar-refractivity contribution in [1.82, 2.24) is 5.32 Å². The van der Waals surface area contributed by atoms with Gasteiger partial charge in [-0.3, -0.25) is 24.0 Å². The fraction of sp³-hybridized carbons (Fsp3) is 0.694. The van der Waals surface area contributed by atoms with Gasteiger partial charge in [0, 0.05) is 18.9 Å². The van der Waals surface area contributed by atoms with Crippen LogP contribution < -0.4 is 5.32 Å². The number of amides is 1. The number of hydrogen-bond acceptors (Lipinski definition) is 7. The summed E-state index contributed by atoms with van der Waals surface area (Å²) in [6.07, 6.45) is 19.1. The number of esters is 4. The third kappa shape index (κ3) is 8.79. The zero-order chi connectivity index (χ0) is 31.5. The lowest BCUT2D eigenvalue weighted by molar-refractivity contribution is -0.156. The van der Waals surface area contributed by atoms with Gasteiger partial charge in [-0.2, -0.15) is 0 Å². The molecule has 0 bridgehead atoms. The van der Waals surface area contributed by atoms with Gasteiger partial charge >= 0.3 is 23.9 Å². The number of benzene rings is 1. The molecule has 44 heavy (non-hydrogen) atoms.